The molecule has 0 fully saturated rings. The molecule has 1 unspecified atom stereocenters. The lowest BCUT2D eigenvalue weighted by atomic mass is 10.1. The Bertz CT molecular complexity index is 609. The second kappa shape index (κ2) is 4.99. The highest BCUT2D eigenvalue weighted by Gasteiger charge is 2.19. The Labute approximate surface area is 113 Å². The molecule has 5 heteroatoms. The molecule has 1 atom stereocenters. The molecular weight excluding hydrogens is 240 g/mol. The van der Waals surface area contributed by atoms with Gasteiger partial charge < -0.3 is 0 Å². The van der Waals surface area contributed by atoms with Crippen molar-refractivity contribution in [3.63, 3.8) is 0 Å². The Morgan fingerprint density at radius 2 is 2.05 bits per heavy atom. The van der Waals surface area contributed by atoms with E-state index in [4.69, 9.17) is 0 Å². The topological polar surface area (TPSA) is 52.7 Å². The monoisotopic (exact) mass is 260 g/mol. The summed E-state index contributed by atoms with van der Waals surface area (Å²) in [5, 5.41) is 8.98. The average Bonchev–Trinajstić information content (AvgIpc) is 2.91. The summed E-state index contributed by atoms with van der Waals surface area (Å²) in [6, 6.07) is 0.282. The van der Waals surface area contributed by atoms with Crippen LogP contribution in [0.25, 0.3) is 11.3 Å². The van der Waals surface area contributed by atoms with Gasteiger partial charge in [-0.1, -0.05) is 6.92 Å². The number of carbonyl (C=O) groups excluding carboxylic acids is 1. The highest BCUT2D eigenvalue weighted by atomic mass is 16.1. The largest absolute Gasteiger partial charge is 0.298 e. The Kier molecular flexibility index (Phi) is 3.55. The van der Waals surface area contributed by atoms with Crippen molar-refractivity contribution in [3.8, 4) is 11.3 Å². The molecule has 2 aromatic heterocycles. The number of aldehydes is 1. The van der Waals surface area contributed by atoms with Crippen molar-refractivity contribution >= 4 is 6.29 Å². The van der Waals surface area contributed by atoms with Crippen molar-refractivity contribution in [3.05, 3.63) is 23.1 Å². The molecule has 0 saturated carbocycles. The summed E-state index contributed by atoms with van der Waals surface area (Å²) in [4.78, 5) is 11.3. The smallest absolute Gasteiger partial charge is 0.153 e. The van der Waals surface area contributed by atoms with Gasteiger partial charge in [-0.2, -0.15) is 10.2 Å². The van der Waals surface area contributed by atoms with Crippen LogP contribution < -0.4 is 0 Å². The molecule has 0 aliphatic heterocycles. The second-order valence-corrected chi connectivity index (χ2v) is 4.96. The lowest BCUT2D eigenvalue weighted by Gasteiger charge is -2.08. The normalized spacial score (nSPS) is 12.7. The third-order valence-electron chi connectivity index (χ3n) is 3.68. The van der Waals surface area contributed by atoms with Crippen molar-refractivity contribution in [1.29, 1.82) is 0 Å². The fraction of sp³-hybridized carbons (Fsp3) is 0.500. The number of hydrogen-bond acceptors (Lipinski definition) is 3. The predicted molar refractivity (Wildman–Crippen MR) is 74.3 cm³/mol. The molecule has 0 bridgehead atoms. The lowest BCUT2D eigenvalue weighted by molar-refractivity contribution is 0.112. The summed E-state index contributed by atoms with van der Waals surface area (Å²) in [6.07, 6.45) is 3.67. The van der Waals surface area contributed by atoms with E-state index in [1.165, 1.54) is 0 Å². The molecule has 0 amide bonds. The van der Waals surface area contributed by atoms with Gasteiger partial charge in [-0.15, -0.1) is 0 Å². The molecule has 0 saturated heterocycles. The highest BCUT2D eigenvalue weighted by Crippen LogP contribution is 2.28. The van der Waals surface area contributed by atoms with Crippen LogP contribution in [0.15, 0.2) is 6.20 Å². The quantitative estimate of drug-likeness (QED) is 0.794. The number of aromatic nitrogens is 4. The van der Waals surface area contributed by atoms with Crippen LogP contribution in [0.5, 0.6) is 0 Å². The van der Waals surface area contributed by atoms with E-state index in [1.54, 1.807) is 0 Å². The summed E-state index contributed by atoms with van der Waals surface area (Å²) in [5.74, 6) is 0. The fourth-order valence-electron chi connectivity index (χ4n) is 2.22. The number of nitrogens with zero attached hydrogens (tertiary/aromatic N) is 4. The van der Waals surface area contributed by atoms with E-state index in [2.05, 4.69) is 24.0 Å². The first kappa shape index (κ1) is 13.5. The summed E-state index contributed by atoms with van der Waals surface area (Å²) >= 11 is 0. The minimum absolute atomic E-state index is 0.282. The number of carbonyl (C=O) groups is 1. The number of aryl methyl sites for hydroxylation is 2. The molecule has 2 rings (SSSR count). The highest BCUT2D eigenvalue weighted by molar-refractivity contribution is 5.86. The molecule has 2 aromatic rings. The minimum Gasteiger partial charge on any atom is -0.298 e. The van der Waals surface area contributed by atoms with Gasteiger partial charge in [-0.3, -0.25) is 14.2 Å². The third kappa shape index (κ3) is 2.20. The van der Waals surface area contributed by atoms with Crippen LogP contribution in [-0.2, 0) is 7.05 Å². The second-order valence-electron chi connectivity index (χ2n) is 4.96. The molecule has 2 heterocycles. The van der Waals surface area contributed by atoms with Crippen LogP contribution in [0.4, 0.5) is 0 Å². The fourth-order valence-corrected chi connectivity index (χ4v) is 2.22. The number of rotatable bonds is 4. The maximum Gasteiger partial charge on any atom is 0.153 e. The van der Waals surface area contributed by atoms with Gasteiger partial charge in [0.1, 0.15) is 5.69 Å². The first-order valence-corrected chi connectivity index (χ1v) is 6.54. The van der Waals surface area contributed by atoms with Crippen molar-refractivity contribution < 1.29 is 4.79 Å². The van der Waals surface area contributed by atoms with E-state index in [1.807, 2.05) is 36.5 Å². The van der Waals surface area contributed by atoms with Crippen LogP contribution in [0, 0.1) is 13.8 Å². The van der Waals surface area contributed by atoms with E-state index >= 15 is 0 Å². The Morgan fingerprint density at radius 3 is 2.53 bits per heavy atom. The Balaban J connectivity index is 2.61. The predicted octanol–water partition coefficient (Wildman–Crippen LogP) is 2.68. The van der Waals surface area contributed by atoms with E-state index in [0.29, 0.717) is 5.56 Å². The standard InChI is InChI=1S/C14H20N4O/c1-6-9(2)18-7-12(8-19)14(16-18)13-10(3)15-17(5)11(13)4/h7-9H,6H2,1-5H3. The molecule has 19 heavy (non-hydrogen) atoms. The number of hydrogen-bond donors (Lipinski definition) is 0. The summed E-state index contributed by atoms with van der Waals surface area (Å²) < 4.78 is 3.69. The maximum absolute atomic E-state index is 11.3. The zero-order chi connectivity index (χ0) is 14.2. The lowest BCUT2D eigenvalue weighted by Crippen LogP contribution is -2.04. The molecule has 0 aliphatic rings. The van der Waals surface area contributed by atoms with Crippen LogP contribution in [-0.4, -0.2) is 25.8 Å². The van der Waals surface area contributed by atoms with Crippen molar-refractivity contribution in [2.75, 3.05) is 0 Å². The first-order chi connectivity index (χ1) is 8.99. The molecule has 0 aromatic carbocycles. The van der Waals surface area contributed by atoms with E-state index in [9.17, 15) is 4.79 Å². The maximum atomic E-state index is 11.3. The first-order valence-electron chi connectivity index (χ1n) is 6.54. The summed E-state index contributed by atoms with van der Waals surface area (Å²) in [6.45, 7) is 8.13. The minimum atomic E-state index is 0.282. The Hall–Kier alpha value is -1.91. The van der Waals surface area contributed by atoms with Gasteiger partial charge in [0, 0.05) is 30.5 Å². The van der Waals surface area contributed by atoms with Gasteiger partial charge in [-0.25, -0.2) is 0 Å². The van der Waals surface area contributed by atoms with E-state index in [-0.39, 0.29) is 6.04 Å². The van der Waals surface area contributed by atoms with Crippen molar-refractivity contribution in [2.45, 2.75) is 40.2 Å². The van der Waals surface area contributed by atoms with Crippen molar-refractivity contribution in [2.24, 2.45) is 7.05 Å². The molecular formula is C14H20N4O. The van der Waals surface area contributed by atoms with Crippen LogP contribution in [0.2, 0.25) is 0 Å². The van der Waals surface area contributed by atoms with E-state index in [0.717, 1.165) is 35.4 Å². The van der Waals surface area contributed by atoms with Gasteiger partial charge in [0.15, 0.2) is 6.29 Å². The van der Waals surface area contributed by atoms with Crippen molar-refractivity contribution in [1.82, 2.24) is 19.6 Å². The zero-order valence-electron chi connectivity index (χ0n) is 12.1. The molecule has 5 nitrogen and oxygen atoms in total. The van der Waals surface area contributed by atoms with Crippen LogP contribution in [0.1, 0.15) is 48.1 Å². The van der Waals surface area contributed by atoms with Crippen LogP contribution in [0.3, 0.4) is 0 Å². The van der Waals surface area contributed by atoms with Crippen LogP contribution >= 0.6 is 0 Å². The van der Waals surface area contributed by atoms with Gasteiger partial charge in [0.05, 0.1) is 11.3 Å². The molecule has 102 valence electrons. The summed E-state index contributed by atoms with van der Waals surface area (Å²) in [7, 11) is 1.90. The summed E-state index contributed by atoms with van der Waals surface area (Å²) in [5.41, 5.74) is 4.25. The molecule has 0 aliphatic carbocycles. The van der Waals surface area contributed by atoms with Gasteiger partial charge in [0.25, 0.3) is 0 Å². The van der Waals surface area contributed by atoms with Gasteiger partial charge in [0.2, 0.25) is 0 Å². The zero-order valence-corrected chi connectivity index (χ0v) is 12.1. The van der Waals surface area contributed by atoms with Gasteiger partial charge in [-0.05, 0) is 27.2 Å². The Morgan fingerprint density at radius 1 is 1.37 bits per heavy atom. The molecule has 0 N–H and O–H groups in total. The third-order valence-corrected chi connectivity index (χ3v) is 3.68. The SMILES string of the molecule is CCC(C)n1cc(C=O)c(-c2c(C)nn(C)c2C)n1. The molecule has 0 radical (unpaired) electrons. The molecule has 0 spiro atoms. The van der Waals surface area contributed by atoms with E-state index < -0.39 is 0 Å². The van der Waals surface area contributed by atoms with Gasteiger partial charge >= 0.3 is 0 Å². The average molecular weight is 260 g/mol.